The minimum Gasteiger partial charge on any atom is -0.508 e. The second-order valence-electron chi connectivity index (χ2n) is 4.15. The van der Waals surface area contributed by atoms with Crippen LogP contribution in [0.4, 0.5) is 0 Å². The Hall–Kier alpha value is -1.07. The van der Waals surface area contributed by atoms with Crippen molar-refractivity contribution >= 4 is 9.84 Å². The first-order valence-corrected chi connectivity index (χ1v) is 7.47. The van der Waals surface area contributed by atoms with Crippen LogP contribution in [0.1, 0.15) is 19.4 Å². The summed E-state index contributed by atoms with van der Waals surface area (Å²) >= 11 is 0. The van der Waals surface area contributed by atoms with Crippen molar-refractivity contribution in [2.24, 2.45) is 0 Å². The Bertz CT molecular complexity index is 439. The molecular formula is C12H19NO3S. The minimum absolute atomic E-state index is 0.0752. The highest BCUT2D eigenvalue weighted by Crippen LogP contribution is 2.09. The van der Waals surface area contributed by atoms with Crippen molar-refractivity contribution < 1.29 is 13.5 Å². The lowest BCUT2D eigenvalue weighted by molar-refractivity contribution is 0.475. The molecule has 0 saturated heterocycles. The molecule has 0 fully saturated rings. The third kappa shape index (κ3) is 5.19. The number of hydrogen-bond acceptors (Lipinski definition) is 4. The maximum atomic E-state index is 11.4. The quantitative estimate of drug-likeness (QED) is 0.806. The van der Waals surface area contributed by atoms with Crippen molar-refractivity contribution in [2.45, 2.75) is 26.4 Å². The van der Waals surface area contributed by atoms with Crippen molar-refractivity contribution in [1.82, 2.24) is 5.32 Å². The summed E-state index contributed by atoms with van der Waals surface area (Å²) in [6.07, 6.45) is 0. The lowest BCUT2D eigenvalue weighted by Crippen LogP contribution is -2.33. The van der Waals surface area contributed by atoms with E-state index in [0.717, 1.165) is 5.56 Å². The molecule has 1 aromatic rings. The summed E-state index contributed by atoms with van der Waals surface area (Å²) < 4.78 is 22.8. The Morgan fingerprint density at radius 3 is 2.41 bits per heavy atom. The smallest absolute Gasteiger partial charge is 0.151 e. The van der Waals surface area contributed by atoms with Gasteiger partial charge in [-0.05, 0) is 24.6 Å². The molecule has 17 heavy (non-hydrogen) atoms. The van der Waals surface area contributed by atoms with Crippen molar-refractivity contribution in [3.8, 4) is 5.75 Å². The van der Waals surface area contributed by atoms with Crippen LogP contribution in [0.15, 0.2) is 24.3 Å². The number of sulfone groups is 1. The number of nitrogens with one attached hydrogen (secondary N) is 1. The van der Waals surface area contributed by atoms with Crippen LogP contribution in [-0.2, 0) is 16.4 Å². The van der Waals surface area contributed by atoms with E-state index in [1.807, 2.05) is 19.1 Å². The van der Waals surface area contributed by atoms with Crippen LogP contribution in [0, 0.1) is 0 Å². The summed E-state index contributed by atoms with van der Waals surface area (Å²) in [5.74, 6) is 0.565. The van der Waals surface area contributed by atoms with Crippen molar-refractivity contribution in [3.05, 3.63) is 29.8 Å². The molecule has 0 aromatic heterocycles. The first kappa shape index (κ1) is 14.0. The maximum Gasteiger partial charge on any atom is 0.151 e. The Morgan fingerprint density at radius 2 is 1.88 bits per heavy atom. The van der Waals surface area contributed by atoms with Crippen LogP contribution < -0.4 is 5.32 Å². The topological polar surface area (TPSA) is 66.4 Å². The molecule has 2 N–H and O–H groups in total. The predicted octanol–water partition coefficient (Wildman–Crippen LogP) is 1.30. The predicted molar refractivity (Wildman–Crippen MR) is 68.7 cm³/mol. The van der Waals surface area contributed by atoms with Gasteiger partial charge in [-0.25, -0.2) is 8.42 Å². The average molecular weight is 257 g/mol. The van der Waals surface area contributed by atoms with E-state index in [0.29, 0.717) is 6.54 Å². The van der Waals surface area contributed by atoms with Crippen molar-refractivity contribution in [3.63, 3.8) is 0 Å². The highest BCUT2D eigenvalue weighted by Gasteiger charge is 2.12. The van der Waals surface area contributed by atoms with Gasteiger partial charge in [0, 0.05) is 18.3 Å². The second-order valence-corrected chi connectivity index (χ2v) is 6.55. The molecule has 0 heterocycles. The van der Waals surface area contributed by atoms with E-state index >= 15 is 0 Å². The van der Waals surface area contributed by atoms with Crippen LogP contribution >= 0.6 is 0 Å². The van der Waals surface area contributed by atoms with Gasteiger partial charge in [-0.3, -0.25) is 0 Å². The van der Waals surface area contributed by atoms with E-state index in [4.69, 9.17) is 5.11 Å². The molecule has 0 aliphatic heterocycles. The molecular weight excluding hydrogens is 238 g/mol. The fourth-order valence-electron chi connectivity index (χ4n) is 1.46. The summed E-state index contributed by atoms with van der Waals surface area (Å²) in [5.41, 5.74) is 1.02. The molecule has 0 spiro atoms. The van der Waals surface area contributed by atoms with Gasteiger partial charge in [-0.1, -0.05) is 19.1 Å². The Labute approximate surface area is 103 Å². The lowest BCUT2D eigenvalue weighted by Gasteiger charge is -2.13. The molecule has 4 nitrogen and oxygen atoms in total. The van der Waals surface area contributed by atoms with Gasteiger partial charge in [-0.15, -0.1) is 0 Å². The third-order valence-corrected chi connectivity index (χ3v) is 4.42. The Kier molecular flexibility index (Phi) is 4.96. The molecule has 0 saturated carbocycles. The molecule has 1 rings (SSSR count). The second kappa shape index (κ2) is 6.02. The number of hydrogen-bond donors (Lipinski definition) is 2. The van der Waals surface area contributed by atoms with Crippen LogP contribution in [0.3, 0.4) is 0 Å². The van der Waals surface area contributed by atoms with E-state index in [2.05, 4.69) is 5.32 Å². The molecule has 1 unspecified atom stereocenters. The first-order chi connectivity index (χ1) is 7.93. The number of aromatic hydroxyl groups is 1. The number of benzene rings is 1. The zero-order valence-electron chi connectivity index (χ0n) is 10.2. The van der Waals surface area contributed by atoms with E-state index in [1.54, 1.807) is 19.1 Å². The maximum absolute atomic E-state index is 11.4. The lowest BCUT2D eigenvalue weighted by atomic mass is 10.2. The van der Waals surface area contributed by atoms with Gasteiger partial charge in [0.2, 0.25) is 0 Å². The average Bonchev–Trinajstić information content (AvgIpc) is 2.28. The van der Waals surface area contributed by atoms with Crippen LogP contribution in [0.2, 0.25) is 0 Å². The highest BCUT2D eigenvalue weighted by atomic mass is 32.2. The summed E-state index contributed by atoms with van der Waals surface area (Å²) in [4.78, 5) is 0. The monoisotopic (exact) mass is 257 g/mol. The number of phenolic OH excluding ortho intramolecular Hbond substituents is 1. The zero-order valence-corrected chi connectivity index (χ0v) is 11.0. The summed E-state index contributed by atoms with van der Waals surface area (Å²) in [6, 6.07) is 6.77. The molecule has 1 aromatic carbocycles. The Balaban J connectivity index is 2.43. The molecule has 1 atom stereocenters. The molecule has 0 radical (unpaired) electrons. The number of rotatable bonds is 6. The van der Waals surface area contributed by atoms with Gasteiger partial charge in [0.05, 0.1) is 5.75 Å². The largest absolute Gasteiger partial charge is 0.508 e. The van der Waals surface area contributed by atoms with Crippen molar-refractivity contribution in [2.75, 3.05) is 11.5 Å². The van der Waals surface area contributed by atoms with E-state index in [1.165, 1.54) is 0 Å². The van der Waals surface area contributed by atoms with E-state index < -0.39 is 9.84 Å². The summed E-state index contributed by atoms with van der Waals surface area (Å²) in [7, 11) is -2.93. The van der Waals surface area contributed by atoms with Gasteiger partial charge < -0.3 is 10.4 Å². The third-order valence-electron chi connectivity index (χ3n) is 2.53. The molecule has 5 heteroatoms. The number of phenols is 1. The van der Waals surface area contributed by atoms with Gasteiger partial charge in [0.15, 0.2) is 9.84 Å². The van der Waals surface area contributed by atoms with Gasteiger partial charge in [-0.2, -0.15) is 0 Å². The molecule has 0 bridgehead atoms. The first-order valence-electron chi connectivity index (χ1n) is 5.64. The van der Waals surface area contributed by atoms with Gasteiger partial charge in [0.1, 0.15) is 5.75 Å². The SMILES string of the molecule is CCS(=O)(=O)CC(C)NCc1ccc(O)cc1. The van der Waals surface area contributed by atoms with Gasteiger partial charge >= 0.3 is 0 Å². The molecule has 0 aliphatic rings. The molecule has 0 amide bonds. The zero-order chi connectivity index (χ0) is 12.9. The Morgan fingerprint density at radius 1 is 1.29 bits per heavy atom. The molecule has 96 valence electrons. The highest BCUT2D eigenvalue weighted by molar-refractivity contribution is 7.91. The summed E-state index contributed by atoms with van der Waals surface area (Å²) in [5, 5.41) is 12.3. The van der Waals surface area contributed by atoms with Crippen LogP contribution in [-0.4, -0.2) is 31.1 Å². The fourth-order valence-corrected chi connectivity index (χ4v) is 2.58. The molecule has 0 aliphatic carbocycles. The van der Waals surface area contributed by atoms with E-state index in [-0.39, 0.29) is 23.3 Å². The van der Waals surface area contributed by atoms with E-state index in [9.17, 15) is 8.42 Å². The minimum atomic E-state index is -2.93. The summed E-state index contributed by atoms with van der Waals surface area (Å²) in [6.45, 7) is 4.11. The van der Waals surface area contributed by atoms with Crippen LogP contribution in [0.5, 0.6) is 5.75 Å². The standard InChI is InChI=1S/C12H19NO3S/c1-3-17(15,16)9-10(2)13-8-11-4-6-12(14)7-5-11/h4-7,10,13-14H,3,8-9H2,1-2H3. The van der Waals surface area contributed by atoms with Gasteiger partial charge in [0.25, 0.3) is 0 Å². The van der Waals surface area contributed by atoms with Crippen molar-refractivity contribution in [1.29, 1.82) is 0 Å². The fraction of sp³-hybridized carbons (Fsp3) is 0.500. The van der Waals surface area contributed by atoms with Crippen LogP contribution in [0.25, 0.3) is 0 Å². The normalized spacial score (nSPS) is 13.5.